The van der Waals surface area contributed by atoms with Gasteiger partial charge in [0.2, 0.25) is 0 Å². The van der Waals surface area contributed by atoms with Gasteiger partial charge < -0.3 is 0 Å². The fourth-order valence-corrected chi connectivity index (χ4v) is 3.19. The molecule has 0 saturated carbocycles. The molecule has 3 aromatic rings. The molecule has 5 nitrogen and oxygen atoms in total. The third-order valence-corrected chi connectivity index (χ3v) is 4.47. The molecule has 0 aliphatic rings. The SMILES string of the molecule is Cc1cn(C)nc1C(=O)Nc1nc2c(C)c(C)ccc2s1. The van der Waals surface area contributed by atoms with Crippen LogP contribution in [-0.2, 0) is 7.05 Å². The van der Waals surface area contributed by atoms with Gasteiger partial charge in [0.15, 0.2) is 10.8 Å². The maximum Gasteiger partial charge on any atom is 0.278 e. The van der Waals surface area contributed by atoms with Gasteiger partial charge in [-0.2, -0.15) is 5.10 Å². The Morgan fingerprint density at radius 1 is 1.24 bits per heavy atom. The number of aromatic nitrogens is 3. The number of anilines is 1. The van der Waals surface area contributed by atoms with Crippen LogP contribution in [-0.4, -0.2) is 20.7 Å². The second-order valence-electron chi connectivity index (χ2n) is 5.16. The van der Waals surface area contributed by atoms with Crippen LogP contribution in [0, 0.1) is 20.8 Å². The van der Waals surface area contributed by atoms with E-state index in [1.165, 1.54) is 16.9 Å². The van der Waals surface area contributed by atoms with Crippen molar-refractivity contribution >= 4 is 32.6 Å². The Labute approximate surface area is 126 Å². The second-order valence-corrected chi connectivity index (χ2v) is 6.19. The lowest BCUT2D eigenvalue weighted by Gasteiger charge is -1.99. The number of benzene rings is 1. The van der Waals surface area contributed by atoms with Gasteiger partial charge in [-0.25, -0.2) is 4.98 Å². The molecule has 0 aliphatic carbocycles. The van der Waals surface area contributed by atoms with Crippen molar-refractivity contribution in [1.29, 1.82) is 0 Å². The van der Waals surface area contributed by atoms with Crippen LogP contribution in [0.25, 0.3) is 10.2 Å². The van der Waals surface area contributed by atoms with Crippen LogP contribution < -0.4 is 5.32 Å². The molecule has 0 fully saturated rings. The topological polar surface area (TPSA) is 59.8 Å². The van der Waals surface area contributed by atoms with E-state index >= 15 is 0 Å². The number of rotatable bonds is 2. The molecule has 0 aliphatic heterocycles. The molecule has 1 aromatic carbocycles. The highest BCUT2D eigenvalue weighted by Crippen LogP contribution is 2.29. The van der Waals surface area contributed by atoms with E-state index in [1.807, 2.05) is 26.1 Å². The first-order chi connectivity index (χ1) is 9.95. The third-order valence-electron chi connectivity index (χ3n) is 3.53. The Morgan fingerprint density at radius 2 is 2.00 bits per heavy atom. The lowest BCUT2D eigenvalue weighted by atomic mass is 10.1. The maximum absolute atomic E-state index is 12.3. The summed E-state index contributed by atoms with van der Waals surface area (Å²) in [7, 11) is 1.80. The van der Waals surface area contributed by atoms with Crippen LogP contribution in [0.2, 0.25) is 0 Å². The molecule has 3 rings (SSSR count). The number of carbonyl (C=O) groups excluding carboxylic acids is 1. The summed E-state index contributed by atoms with van der Waals surface area (Å²) >= 11 is 1.48. The van der Waals surface area contributed by atoms with Crippen LogP contribution in [0.15, 0.2) is 18.3 Å². The van der Waals surface area contributed by atoms with E-state index in [2.05, 4.69) is 28.4 Å². The highest BCUT2D eigenvalue weighted by atomic mass is 32.1. The van der Waals surface area contributed by atoms with E-state index in [4.69, 9.17) is 0 Å². The van der Waals surface area contributed by atoms with Crippen molar-refractivity contribution in [3.63, 3.8) is 0 Å². The molecular formula is C15H16N4OS. The van der Waals surface area contributed by atoms with Gasteiger partial charge in [0.05, 0.1) is 10.2 Å². The fraction of sp³-hybridized carbons (Fsp3) is 0.267. The van der Waals surface area contributed by atoms with E-state index in [0.717, 1.165) is 21.3 Å². The highest BCUT2D eigenvalue weighted by molar-refractivity contribution is 7.22. The van der Waals surface area contributed by atoms with Gasteiger partial charge in [-0.05, 0) is 38.0 Å². The Morgan fingerprint density at radius 3 is 2.67 bits per heavy atom. The monoisotopic (exact) mass is 300 g/mol. The van der Waals surface area contributed by atoms with Crippen molar-refractivity contribution in [1.82, 2.24) is 14.8 Å². The van der Waals surface area contributed by atoms with E-state index in [1.54, 1.807) is 11.7 Å². The number of amides is 1. The molecule has 1 amide bonds. The lowest BCUT2D eigenvalue weighted by Crippen LogP contribution is -2.13. The number of hydrogen-bond donors (Lipinski definition) is 1. The minimum absolute atomic E-state index is 0.221. The first-order valence-electron chi connectivity index (χ1n) is 6.64. The Hall–Kier alpha value is -2.21. The fourth-order valence-electron chi connectivity index (χ4n) is 2.27. The zero-order chi connectivity index (χ0) is 15.1. The third kappa shape index (κ3) is 2.42. The minimum Gasteiger partial charge on any atom is -0.296 e. The predicted molar refractivity (Wildman–Crippen MR) is 85.0 cm³/mol. The molecule has 0 saturated heterocycles. The van der Waals surface area contributed by atoms with Gasteiger partial charge in [-0.3, -0.25) is 14.8 Å². The summed E-state index contributed by atoms with van der Waals surface area (Å²) in [6, 6.07) is 4.11. The van der Waals surface area contributed by atoms with Gasteiger partial charge >= 0.3 is 0 Å². The Balaban J connectivity index is 1.93. The van der Waals surface area contributed by atoms with Crippen molar-refractivity contribution in [3.8, 4) is 0 Å². The summed E-state index contributed by atoms with van der Waals surface area (Å²) in [6.45, 7) is 5.98. The average Bonchev–Trinajstić information content (AvgIpc) is 2.97. The number of thiazole rings is 1. The first-order valence-corrected chi connectivity index (χ1v) is 7.45. The van der Waals surface area contributed by atoms with Gasteiger partial charge in [0.25, 0.3) is 5.91 Å². The summed E-state index contributed by atoms with van der Waals surface area (Å²) in [6.07, 6.45) is 1.82. The molecular weight excluding hydrogens is 284 g/mol. The molecule has 2 heterocycles. The molecule has 0 spiro atoms. The minimum atomic E-state index is -0.221. The van der Waals surface area contributed by atoms with E-state index in [0.29, 0.717) is 10.8 Å². The lowest BCUT2D eigenvalue weighted by molar-refractivity contribution is 0.102. The summed E-state index contributed by atoms with van der Waals surface area (Å²) < 4.78 is 2.71. The summed E-state index contributed by atoms with van der Waals surface area (Å²) in [5, 5.41) is 7.62. The Kier molecular flexibility index (Phi) is 3.25. The van der Waals surface area contributed by atoms with Crippen LogP contribution in [0.3, 0.4) is 0 Å². The number of nitrogens with one attached hydrogen (secondary N) is 1. The smallest absolute Gasteiger partial charge is 0.278 e. The van der Waals surface area contributed by atoms with Gasteiger partial charge in [0.1, 0.15) is 0 Å². The number of hydrogen-bond acceptors (Lipinski definition) is 4. The molecule has 0 radical (unpaired) electrons. The molecule has 0 unspecified atom stereocenters. The second kappa shape index (κ2) is 4.96. The van der Waals surface area contributed by atoms with E-state index < -0.39 is 0 Å². The number of aryl methyl sites for hydroxylation is 4. The first kappa shape index (κ1) is 13.8. The number of fused-ring (bicyclic) bond motifs is 1. The average molecular weight is 300 g/mol. The van der Waals surface area contributed by atoms with E-state index in [9.17, 15) is 4.79 Å². The zero-order valence-corrected chi connectivity index (χ0v) is 13.2. The summed E-state index contributed by atoms with van der Waals surface area (Å²) in [5.74, 6) is -0.221. The van der Waals surface area contributed by atoms with Crippen LogP contribution >= 0.6 is 11.3 Å². The normalized spacial score (nSPS) is 11.0. The molecule has 0 atom stereocenters. The molecule has 108 valence electrons. The Bertz CT molecular complexity index is 847. The zero-order valence-electron chi connectivity index (χ0n) is 12.4. The van der Waals surface area contributed by atoms with Crippen LogP contribution in [0.1, 0.15) is 27.2 Å². The molecule has 21 heavy (non-hydrogen) atoms. The van der Waals surface area contributed by atoms with Crippen molar-refractivity contribution in [2.24, 2.45) is 7.05 Å². The summed E-state index contributed by atoms with van der Waals surface area (Å²) in [4.78, 5) is 16.8. The molecule has 6 heteroatoms. The molecule has 2 aromatic heterocycles. The quantitative estimate of drug-likeness (QED) is 0.790. The van der Waals surface area contributed by atoms with Gasteiger partial charge in [0, 0.05) is 18.8 Å². The van der Waals surface area contributed by atoms with Crippen molar-refractivity contribution in [2.75, 3.05) is 5.32 Å². The number of nitrogens with zero attached hydrogens (tertiary/aromatic N) is 3. The van der Waals surface area contributed by atoms with Crippen LogP contribution in [0.4, 0.5) is 5.13 Å². The standard InChI is InChI=1S/C15H16N4OS/c1-8-5-6-11-13(10(8)3)16-15(21-11)17-14(20)12-9(2)7-19(4)18-12/h5-7H,1-4H3,(H,16,17,20). The highest BCUT2D eigenvalue weighted by Gasteiger charge is 2.16. The van der Waals surface area contributed by atoms with Gasteiger partial charge in [-0.1, -0.05) is 17.4 Å². The predicted octanol–water partition coefficient (Wildman–Crippen LogP) is 3.21. The van der Waals surface area contributed by atoms with Crippen LogP contribution in [0.5, 0.6) is 0 Å². The van der Waals surface area contributed by atoms with E-state index in [-0.39, 0.29) is 5.91 Å². The molecule has 1 N–H and O–H groups in total. The van der Waals surface area contributed by atoms with Crippen molar-refractivity contribution in [2.45, 2.75) is 20.8 Å². The van der Waals surface area contributed by atoms with Gasteiger partial charge in [-0.15, -0.1) is 0 Å². The summed E-state index contributed by atoms with van der Waals surface area (Å²) in [5.41, 5.74) is 4.59. The number of carbonyl (C=O) groups is 1. The van der Waals surface area contributed by atoms with Crippen molar-refractivity contribution in [3.05, 3.63) is 40.7 Å². The molecule has 0 bridgehead atoms. The maximum atomic E-state index is 12.3. The largest absolute Gasteiger partial charge is 0.296 e. The van der Waals surface area contributed by atoms with Crippen molar-refractivity contribution < 1.29 is 4.79 Å².